The number of aromatic nitrogens is 1. The molecule has 0 radical (unpaired) electrons. The van der Waals surface area contributed by atoms with Gasteiger partial charge in [0, 0.05) is 36.2 Å². The molecule has 0 saturated carbocycles. The summed E-state index contributed by atoms with van der Waals surface area (Å²) in [4.78, 5) is 38.0. The molecule has 2 aliphatic rings. The number of carbonyl (C=O) groups excluding carboxylic acids is 2. The maximum atomic E-state index is 13.8. The van der Waals surface area contributed by atoms with Gasteiger partial charge in [-0.15, -0.1) is 0 Å². The second-order valence-electron chi connectivity index (χ2n) is 9.67. The van der Waals surface area contributed by atoms with Gasteiger partial charge in [0.05, 0.1) is 23.7 Å². The lowest BCUT2D eigenvalue weighted by molar-refractivity contribution is -0.120. The van der Waals surface area contributed by atoms with Crippen LogP contribution in [0.3, 0.4) is 0 Å². The van der Waals surface area contributed by atoms with Crippen molar-refractivity contribution in [2.75, 3.05) is 11.9 Å². The quantitative estimate of drug-likeness (QED) is 0.387. The number of allylic oxidation sites excluding steroid dienone is 1. The van der Waals surface area contributed by atoms with Crippen molar-refractivity contribution in [3.63, 3.8) is 0 Å². The number of amides is 2. The van der Waals surface area contributed by atoms with Crippen LogP contribution < -0.4 is 10.6 Å². The molecule has 3 aromatic rings. The number of aliphatic imine (C=N–C) groups is 1. The molecule has 0 saturated heterocycles. The number of rotatable bonds is 8. The zero-order valence-electron chi connectivity index (χ0n) is 22.3. The Balaban J connectivity index is 1.42. The molecule has 0 aliphatic carbocycles. The Kier molecular flexibility index (Phi) is 7.93. The molecular weight excluding hydrogens is 506 g/mol. The standard InChI is InChI=1S/C31H31N5O2S/c1-20-12-13-21(2)26(17-20)29-28(30(38)35-24-10-5-4-6-11-24)22(3)34-31-36(29)25(19-39-31)18-27(37)33-16-14-23-9-7-8-15-32-23/h4-13,15,17,19,29H,14,16,18H2,1-3H3,(H,33,37)(H,35,38)/t29-/m1/s1. The van der Waals surface area contributed by atoms with E-state index in [4.69, 9.17) is 4.99 Å². The van der Waals surface area contributed by atoms with E-state index < -0.39 is 6.04 Å². The van der Waals surface area contributed by atoms with E-state index in [0.717, 1.165) is 38.9 Å². The Morgan fingerprint density at radius 1 is 1.00 bits per heavy atom. The number of nitrogens with one attached hydrogen (secondary N) is 2. The predicted octanol–water partition coefficient (Wildman–Crippen LogP) is 5.66. The molecule has 2 aromatic carbocycles. The normalized spacial score (nSPS) is 16.4. The molecule has 2 aliphatic heterocycles. The minimum atomic E-state index is -0.413. The first kappa shape index (κ1) is 26.4. The Morgan fingerprint density at radius 2 is 1.79 bits per heavy atom. The van der Waals surface area contributed by atoms with E-state index >= 15 is 0 Å². The monoisotopic (exact) mass is 537 g/mol. The lowest BCUT2D eigenvalue weighted by Crippen LogP contribution is -2.39. The van der Waals surface area contributed by atoms with Crippen LogP contribution in [0, 0.1) is 13.8 Å². The molecule has 2 amide bonds. The number of hydrogen-bond donors (Lipinski definition) is 2. The van der Waals surface area contributed by atoms with Crippen molar-refractivity contribution in [1.82, 2.24) is 15.2 Å². The molecule has 0 fully saturated rings. The molecule has 0 bridgehead atoms. The highest BCUT2D eigenvalue weighted by molar-refractivity contribution is 8.16. The zero-order chi connectivity index (χ0) is 27.4. The van der Waals surface area contributed by atoms with E-state index in [1.165, 1.54) is 11.8 Å². The highest BCUT2D eigenvalue weighted by Gasteiger charge is 2.41. The summed E-state index contributed by atoms with van der Waals surface area (Å²) in [5.41, 5.74) is 6.90. The maximum Gasteiger partial charge on any atom is 0.255 e. The summed E-state index contributed by atoms with van der Waals surface area (Å²) in [5, 5.41) is 8.81. The molecule has 198 valence electrons. The number of thioether (sulfide) groups is 1. The van der Waals surface area contributed by atoms with Crippen LogP contribution in [0.4, 0.5) is 5.69 Å². The topological polar surface area (TPSA) is 86.7 Å². The molecular formula is C31H31N5O2S. The lowest BCUT2D eigenvalue weighted by atomic mass is 9.89. The summed E-state index contributed by atoms with van der Waals surface area (Å²) >= 11 is 1.49. The molecule has 2 N–H and O–H groups in total. The van der Waals surface area contributed by atoms with Gasteiger partial charge in [-0.2, -0.15) is 0 Å². The number of pyridine rings is 1. The van der Waals surface area contributed by atoms with Crippen LogP contribution in [-0.4, -0.2) is 33.4 Å². The fourth-order valence-electron chi connectivity index (χ4n) is 4.83. The van der Waals surface area contributed by atoms with Crippen molar-refractivity contribution in [2.24, 2.45) is 4.99 Å². The van der Waals surface area contributed by atoms with E-state index in [1.807, 2.05) is 67.8 Å². The van der Waals surface area contributed by atoms with E-state index in [-0.39, 0.29) is 18.2 Å². The molecule has 1 atom stereocenters. The van der Waals surface area contributed by atoms with Crippen LogP contribution in [-0.2, 0) is 16.0 Å². The Labute approximate surface area is 233 Å². The number of fused-ring (bicyclic) bond motifs is 1. The first-order valence-corrected chi connectivity index (χ1v) is 13.8. The van der Waals surface area contributed by atoms with Crippen molar-refractivity contribution >= 4 is 34.4 Å². The summed E-state index contributed by atoms with van der Waals surface area (Å²) in [6.45, 7) is 6.48. The van der Waals surface area contributed by atoms with Gasteiger partial charge >= 0.3 is 0 Å². The molecule has 39 heavy (non-hydrogen) atoms. The van der Waals surface area contributed by atoms with Crippen LogP contribution in [0.5, 0.6) is 0 Å². The van der Waals surface area contributed by atoms with Gasteiger partial charge in [0.1, 0.15) is 0 Å². The molecule has 3 heterocycles. The number of benzene rings is 2. The number of carbonyl (C=O) groups is 2. The number of hydrogen-bond acceptors (Lipinski definition) is 6. The Bertz CT molecular complexity index is 1480. The maximum absolute atomic E-state index is 13.8. The van der Waals surface area contributed by atoms with Crippen LogP contribution >= 0.6 is 11.8 Å². The second-order valence-corrected chi connectivity index (χ2v) is 10.5. The lowest BCUT2D eigenvalue weighted by Gasteiger charge is -2.37. The number of para-hydroxylation sites is 1. The van der Waals surface area contributed by atoms with E-state index in [1.54, 1.807) is 6.20 Å². The summed E-state index contributed by atoms with van der Waals surface area (Å²) in [5.74, 6) is -0.288. The number of aryl methyl sites for hydroxylation is 2. The van der Waals surface area contributed by atoms with Crippen LogP contribution in [0.2, 0.25) is 0 Å². The van der Waals surface area contributed by atoms with Crippen LogP contribution in [0.25, 0.3) is 0 Å². The number of nitrogens with zero attached hydrogens (tertiary/aromatic N) is 3. The highest BCUT2D eigenvalue weighted by atomic mass is 32.2. The fourth-order valence-corrected chi connectivity index (χ4v) is 5.80. The Morgan fingerprint density at radius 3 is 2.56 bits per heavy atom. The second kappa shape index (κ2) is 11.7. The molecule has 1 aromatic heterocycles. The van der Waals surface area contributed by atoms with E-state index in [0.29, 0.717) is 24.2 Å². The van der Waals surface area contributed by atoms with E-state index in [2.05, 4.69) is 45.6 Å². The highest BCUT2D eigenvalue weighted by Crippen LogP contribution is 2.45. The van der Waals surface area contributed by atoms with Crippen molar-refractivity contribution in [3.05, 3.63) is 118 Å². The van der Waals surface area contributed by atoms with Crippen LogP contribution in [0.1, 0.15) is 41.8 Å². The predicted molar refractivity (Wildman–Crippen MR) is 157 cm³/mol. The third-order valence-corrected chi connectivity index (χ3v) is 7.67. The summed E-state index contributed by atoms with van der Waals surface area (Å²) in [6.07, 6.45) is 2.60. The minimum Gasteiger partial charge on any atom is -0.355 e. The van der Waals surface area contributed by atoms with Crippen LogP contribution in [0.15, 0.2) is 100 Å². The largest absolute Gasteiger partial charge is 0.355 e. The average Bonchev–Trinajstić information content (AvgIpc) is 3.32. The van der Waals surface area contributed by atoms with Crippen molar-refractivity contribution in [3.8, 4) is 0 Å². The smallest absolute Gasteiger partial charge is 0.255 e. The van der Waals surface area contributed by atoms with Crippen molar-refractivity contribution < 1.29 is 9.59 Å². The van der Waals surface area contributed by atoms with Gasteiger partial charge in [-0.3, -0.25) is 14.6 Å². The molecule has 7 nitrogen and oxygen atoms in total. The molecule has 0 spiro atoms. The first-order valence-electron chi connectivity index (χ1n) is 13.0. The first-order chi connectivity index (χ1) is 18.9. The number of anilines is 1. The molecule has 0 unspecified atom stereocenters. The summed E-state index contributed by atoms with van der Waals surface area (Å²) in [6, 6.07) is 21.0. The number of amidine groups is 1. The summed E-state index contributed by atoms with van der Waals surface area (Å²) in [7, 11) is 0. The fraction of sp³-hybridized carbons (Fsp3) is 0.226. The van der Waals surface area contributed by atoms with Crippen molar-refractivity contribution in [1.29, 1.82) is 0 Å². The third kappa shape index (κ3) is 5.96. The van der Waals surface area contributed by atoms with Gasteiger partial charge in [-0.05, 0) is 61.6 Å². The minimum absolute atomic E-state index is 0.0830. The SMILES string of the molecule is CC1=C(C(=O)Nc2ccccc2)[C@@H](c2cc(C)ccc2C)N2C(CC(=O)NCCc3ccccn3)=CSC2=N1. The van der Waals surface area contributed by atoms with E-state index in [9.17, 15) is 9.59 Å². The third-order valence-electron chi connectivity index (χ3n) is 6.78. The van der Waals surface area contributed by atoms with Crippen molar-refractivity contribution in [2.45, 2.75) is 39.7 Å². The zero-order valence-corrected chi connectivity index (χ0v) is 23.1. The van der Waals surface area contributed by atoms with Gasteiger partial charge in [0.25, 0.3) is 5.91 Å². The van der Waals surface area contributed by atoms with Gasteiger partial charge in [-0.1, -0.05) is 59.8 Å². The van der Waals surface area contributed by atoms with Gasteiger partial charge in [0.2, 0.25) is 5.91 Å². The van der Waals surface area contributed by atoms with Gasteiger partial charge in [0.15, 0.2) is 5.17 Å². The Hall–Kier alpha value is -4.17. The van der Waals surface area contributed by atoms with Gasteiger partial charge in [-0.25, -0.2) is 4.99 Å². The molecule has 5 rings (SSSR count). The van der Waals surface area contributed by atoms with Gasteiger partial charge < -0.3 is 15.5 Å². The average molecular weight is 538 g/mol. The molecule has 8 heteroatoms. The summed E-state index contributed by atoms with van der Waals surface area (Å²) < 4.78 is 0.